The first-order valence-electron chi connectivity index (χ1n) is 6.00. The van der Waals surface area contributed by atoms with Gasteiger partial charge in [0.05, 0.1) is 17.2 Å². The molecule has 0 unspecified atom stereocenters. The number of nitrogens with one attached hydrogen (secondary N) is 1. The smallest absolute Gasteiger partial charge is 0.255 e. The molecule has 2 aromatic carbocycles. The number of hydrogen-bond donors (Lipinski definition) is 3. The van der Waals surface area contributed by atoms with Gasteiger partial charge in [-0.15, -0.1) is 0 Å². The minimum atomic E-state index is -0.662. The van der Waals surface area contributed by atoms with Crippen LogP contribution >= 0.6 is 0 Å². The zero-order chi connectivity index (χ0) is 15.4. The summed E-state index contributed by atoms with van der Waals surface area (Å²) in [6.07, 6.45) is 0. The Kier molecular flexibility index (Phi) is 4.05. The van der Waals surface area contributed by atoms with E-state index in [1.54, 1.807) is 0 Å². The molecule has 2 aromatic rings. The summed E-state index contributed by atoms with van der Waals surface area (Å²) in [4.78, 5) is 11.9. The molecule has 0 aliphatic rings. The van der Waals surface area contributed by atoms with Crippen molar-refractivity contribution in [2.75, 3.05) is 0 Å². The number of nitrogens with zero attached hydrogens (tertiary/aromatic N) is 1. The lowest BCUT2D eigenvalue weighted by molar-refractivity contribution is 0.0947. The second-order valence-electron chi connectivity index (χ2n) is 4.27. The van der Waals surface area contributed by atoms with Crippen molar-refractivity contribution in [3.05, 3.63) is 58.9 Å². The number of halogens is 1. The van der Waals surface area contributed by atoms with Gasteiger partial charge in [-0.3, -0.25) is 4.79 Å². The van der Waals surface area contributed by atoms with Crippen molar-refractivity contribution in [1.82, 2.24) is 5.32 Å². The number of nitriles is 1. The van der Waals surface area contributed by atoms with Gasteiger partial charge in [-0.25, -0.2) is 4.39 Å². The first kappa shape index (κ1) is 14.3. The number of hydrogen-bond acceptors (Lipinski definition) is 4. The van der Waals surface area contributed by atoms with Crippen LogP contribution in [0.2, 0.25) is 0 Å². The van der Waals surface area contributed by atoms with Gasteiger partial charge in [0.25, 0.3) is 5.91 Å². The Balaban J connectivity index is 2.15. The molecule has 1 amide bonds. The third-order valence-electron chi connectivity index (χ3n) is 2.87. The van der Waals surface area contributed by atoms with Gasteiger partial charge in [0, 0.05) is 12.1 Å². The lowest BCUT2D eigenvalue weighted by Crippen LogP contribution is -2.23. The molecule has 0 radical (unpaired) electrons. The first-order chi connectivity index (χ1) is 10.0. The molecule has 6 heteroatoms. The van der Waals surface area contributed by atoms with E-state index in [4.69, 9.17) is 5.26 Å². The van der Waals surface area contributed by atoms with Gasteiger partial charge < -0.3 is 15.5 Å². The molecule has 5 nitrogen and oxygen atoms in total. The van der Waals surface area contributed by atoms with E-state index in [0.717, 1.165) is 6.07 Å². The van der Waals surface area contributed by atoms with Gasteiger partial charge in [0.1, 0.15) is 5.82 Å². The Hall–Kier alpha value is -3.07. The van der Waals surface area contributed by atoms with Gasteiger partial charge in [-0.1, -0.05) is 6.07 Å². The Bertz CT molecular complexity index is 738. The molecule has 0 saturated carbocycles. The van der Waals surface area contributed by atoms with Crippen molar-refractivity contribution in [3.8, 4) is 17.6 Å². The minimum Gasteiger partial charge on any atom is -0.504 e. The van der Waals surface area contributed by atoms with Crippen LogP contribution in [0.3, 0.4) is 0 Å². The van der Waals surface area contributed by atoms with E-state index in [1.165, 1.54) is 30.3 Å². The maximum Gasteiger partial charge on any atom is 0.255 e. The van der Waals surface area contributed by atoms with Crippen LogP contribution in [-0.2, 0) is 6.54 Å². The van der Waals surface area contributed by atoms with E-state index in [9.17, 15) is 19.4 Å². The number of phenols is 2. The summed E-state index contributed by atoms with van der Waals surface area (Å²) in [7, 11) is 0. The minimum absolute atomic E-state index is 0.119. The number of carbonyl (C=O) groups is 1. The van der Waals surface area contributed by atoms with Crippen LogP contribution in [0.4, 0.5) is 4.39 Å². The Labute approximate surface area is 119 Å². The fourth-order valence-corrected chi connectivity index (χ4v) is 1.77. The van der Waals surface area contributed by atoms with E-state index >= 15 is 0 Å². The van der Waals surface area contributed by atoms with Crippen molar-refractivity contribution >= 4 is 5.91 Å². The van der Waals surface area contributed by atoms with E-state index in [-0.39, 0.29) is 23.2 Å². The fourth-order valence-electron chi connectivity index (χ4n) is 1.77. The first-order valence-corrected chi connectivity index (χ1v) is 6.00. The maximum atomic E-state index is 13.6. The molecular formula is C15H11FN2O3. The molecule has 0 fully saturated rings. The highest BCUT2D eigenvalue weighted by atomic mass is 19.1. The van der Waals surface area contributed by atoms with Crippen molar-refractivity contribution in [1.29, 1.82) is 5.26 Å². The van der Waals surface area contributed by atoms with Crippen molar-refractivity contribution in [3.63, 3.8) is 0 Å². The third kappa shape index (κ3) is 3.09. The summed E-state index contributed by atoms with van der Waals surface area (Å²) in [5, 5.41) is 30.1. The zero-order valence-electron chi connectivity index (χ0n) is 10.8. The predicted molar refractivity (Wildman–Crippen MR) is 72.1 cm³/mol. The average molecular weight is 286 g/mol. The third-order valence-corrected chi connectivity index (χ3v) is 2.87. The molecule has 3 N–H and O–H groups in total. The normalized spacial score (nSPS) is 9.90. The fraction of sp³-hybridized carbons (Fsp3) is 0.0667. The van der Waals surface area contributed by atoms with Crippen LogP contribution in [0.5, 0.6) is 11.5 Å². The zero-order valence-corrected chi connectivity index (χ0v) is 10.8. The summed E-state index contributed by atoms with van der Waals surface area (Å²) >= 11 is 0. The van der Waals surface area contributed by atoms with Gasteiger partial charge >= 0.3 is 0 Å². The molecule has 0 atom stereocenters. The highest BCUT2D eigenvalue weighted by molar-refractivity contribution is 5.97. The molecule has 106 valence electrons. The standard InChI is InChI=1S/C15H11FN2O3/c16-12-5-4-9(7-17)6-10(12)8-18-15(21)11-2-1-3-13(19)14(11)20/h1-6,19-20H,8H2,(H,18,21). The van der Waals surface area contributed by atoms with Crippen LogP contribution in [0.15, 0.2) is 36.4 Å². The summed E-state index contributed by atoms with van der Waals surface area (Å²) in [6, 6.07) is 9.66. The number of amides is 1. The number of rotatable bonds is 3. The molecular weight excluding hydrogens is 275 g/mol. The largest absolute Gasteiger partial charge is 0.504 e. The molecule has 0 heterocycles. The SMILES string of the molecule is N#Cc1ccc(F)c(CNC(=O)c2cccc(O)c2O)c1. The molecule has 0 aliphatic carbocycles. The number of para-hydroxylation sites is 1. The summed E-state index contributed by atoms with van der Waals surface area (Å²) in [5.74, 6) is -2.17. The summed E-state index contributed by atoms with van der Waals surface area (Å²) < 4.78 is 13.6. The van der Waals surface area contributed by atoms with Gasteiger partial charge in [0.2, 0.25) is 0 Å². The quantitative estimate of drug-likeness (QED) is 0.753. The number of aromatic hydroxyl groups is 2. The Morgan fingerprint density at radius 3 is 2.76 bits per heavy atom. The second kappa shape index (κ2) is 5.92. The van der Waals surface area contributed by atoms with Gasteiger partial charge in [-0.2, -0.15) is 5.26 Å². The Morgan fingerprint density at radius 2 is 2.05 bits per heavy atom. The Morgan fingerprint density at radius 1 is 1.29 bits per heavy atom. The van der Waals surface area contributed by atoms with Crippen molar-refractivity contribution in [2.24, 2.45) is 0 Å². The molecule has 0 aliphatic heterocycles. The number of carbonyl (C=O) groups excluding carboxylic acids is 1. The van der Waals surface area contributed by atoms with Crippen LogP contribution in [-0.4, -0.2) is 16.1 Å². The van der Waals surface area contributed by atoms with Crippen LogP contribution in [0, 0.1) is 17.1 Å². The molecule has 0 spiro atoms. The molecule has 0 saturated heterocycles. The van der Waals surface area contributed by atoms with E-state index in [2.05, 4.69) is 5.32 Å². The molecule has 21 heavy (non-hydrogen) atoms. The maximum absolute atomic E-state index is 13.6. The number of phenolic OH excluding ortho intramolecular Hbond substituents is 2. The molecule has 0 aromatic heterocycles. The van der Waals surface area contributed by atoms with Crippen LogP contribution in [0.25, 0.3) is 0 Å². The average Bonchev–Trinajstić information content (AvgIpc) is 2.49. The van der Waals surface area contributed by atoms with E-state index < -0.39 is 23.2 Å². The van der Waals surface area contributed by atoms with Crippen LogP contribution < -0.4 is 5.32 Å². The van der Waals surface area contributed by atoms with Crippen LogP contribution in [0.1, 0.15) is 21.5 Å². The highest BCUT2D eigenvalue weighted by Crippen LogP contribution is 2.28. The lowest BCUT2D eigenvalue weighted by atomic mass is 10.1. The summed E-state index contributed by atoms with van der Waals surface area (Å²) in [6.45, 7) is -0.144. The van der Waals surface area contributed by atoms with Crippen molar-refractivity contribution < 1.29 is 19.4 Å². The lowest BCUT2D eigenvalue weighted by Gasteiger charge is -2.08. The predicted octanol–water partition coefficient (Wildman–Crippen LogP) is 2.04. The van der Waals surface area contributed by atoms with Gasteiger partial charge in [-0.05, 0) is 30.3 Å². The topological polar surface area (TPSA) is 93.4 Å². The highest BCUT2D eigenvalue weighted by Gasteiger charge is 2.14. The van der Waals surface area contributed by atoms with Gasteiger partial charge in [0.15, 0.2) is 11.5 Å². The molecule has 2 rings (SSSR count). The van der Waals surface area contributed by atoms with E-state index in [1.807, 2.05) is 6.07 Å². The number of benzene rings is 2. The second-order valence-corrected chi connectivity index (χ2v) is 4.27. The summed E-state index contributed by atoms with van der Waals surface area (Å²) in [5.41, 5.74) is 0.315. The monoisotopic (exact) mass is 286 g/mol. The molecule has 0 bridgehead atoms. The van der Waals surface area contributed by atoms with E-state index in [0.29, 0.717) is 0 Å². The van der Waals surface area contributed by atoms with Crippen molar-refractivity contribution in [2.45, 2.75) is 6.54 Å².